The maximum Gasteiger partial charge on any atom is 0.433 e. The van der Waals surface area contributed by atoms with Crippen molar-refractivity contribution in [3.63, 3.8) is 0 Å². The topological polar surface area (TPSA) is 92.7 Å². The Morgan fingerprint density at radius 3 is 2.61 bits per heavy atom. The van der Waals surface area contributed by atoms with Gasteiger partial charge in [0.2, 0.25) is 0 Å². The highest BCUT2D eigenvalue weighted by atomic mass is 35.5. The Bertz CT molecular complexity index is 985. The third kappa shape index (κ3) is 4.67. The highest BCUT2D eigenvalue weighted by molar-refractivity contribution is 7.22. The number of aromatic nitrogens is 1. The fourth-order valence-electron chi connectivity index (χ4n) is 2.69. The van der Waals surface area contributed by atoms with Crippen LogP contribution < -0.4 is 4.90 Å². The largest absolute Gasteiger partial charge is 0.433 e. The molecule has 0 radical (unpaired) electrons. The van der Waals surface area contributed by atoms with Crippen LogP contribution in [0.1, 0.15) is 22.5 Å². The van der Waals surface area contributed by atoms with Gasteiger partial charge in [-0.3, -0.25) is 19.8 Å². The number of furan rings is 1. The van der Waals surface area contributed by atoms with Gasteiger partial charge >= 0.3 is 5.88 Å². The molecule has 2 aromatic heterocycles. The number of anilines is 1. The predicted molar refractivity (Wildman–Crippen MR) is 112 cm³/mol. The van der Waals surface area contributed by atoms with Gasteiger partial charge < -0.3 is 9.32 Å². The van der Waals surface area contributed by atoms with E-state index >= 15 is 0 Å². The molecule has 0 spiro atoms. The van der Waals surface area contributed by atoms with Gasteiger partial charge in [-0.25, -0.2) is 4.98 Å². The van der Waals surface area contributed by atoms with Gasteiger partial charge in [0.05, 0.1) is 16.3 Å². The minimum absolute atomic E-state index is 0. The Balaban J connectivity index is 0.00000280. The summed E-state index contributed by atoms with van der Waals surface area (Å²) >= 11 is 1.42. The van der Waals surface area contributed by atoms with Gasteiger partial charge in [0.25, 0.3) is 5.91 Å². The van der Waals surface area contributed by atoms with Crippen molar-refractivity contribution in [2.24, 2.45) is 0 Å². The lowest BCUT2D eigenvalue weighted by Gasteiger charge is -2.19. The number of halogens is 1. The lowest BCUT2D eigenvalue weighted by molar-refractivity contribution is -0.402. The number of fused-ring (bicyclic) bond motifs is 1. The van der Waals surface area contributed by atoms with Crippen LogP contribution in [0.2, 0.25) is 0 Å². The molecule has 0 N–H and O–H groups in total. The van der Waals surface area contributed by atoms with Gasteiger partial charge in [0.1, 0.15) is 4.92 Å². The van der Waals surface area contributed by atoms with E-state index in [1.165, 1.54) is 28.4 Å². The van der Waals surface area contributed by atoms with Crippen LogP contribution in [0, 0.1) is 17.0 Å². The van der Waals surface area contributed by atoms with Crippen LogP contribution >= 0.6 is 23.7 Å². The summed E-state index contributed by atoms with van der Waals surface area (Å²) in [5.74, 6) is -0.951. The maximum absolute atomic E-state index is 13.0. The summed E-state index contributed by atoms with van der Waals surface area (Å²) in [6.07, 6.45) is 0.733. The standard InChI is InChI=1S/C18H20N4O4S.ClH/c1-12-6-4-7-14-16(12)19-18(27-14)21(11-5-10-20(2)3)17(23)13-8-9-15(26-13)22(24)25;/h4,6-9H,5,10-11H2,1-3H3;1H. The summed E-state index contributed by atoms with van der Waals surface area (Å²) in [4.78, 5) is 31.4. The van der Waals surface area contributed by atoms with Crippen LogP contribution in [-0.2, 0) is 0 Å². The van der Waals surface area contributed by atoms with E-state index in [9.17, 15) is 14.9 Å². The fourth-order valence-corrected chi connectivity index (χ4v) is 3.76. The van der Waals surface area contributed by atoms with E-state index in [0.29, 0.717) is 11.7 Å². The van der Waals surface area contributed by atoms with Gasteiger partial charge in [-0.15, -0.1) is 12.4 Å². The van der Waals surface area contributed by atoms with Crippen molar-refractivity contribution in [3.8, 4) is 0 Å². The van der Waals surface area contributed by atoms with Crippen molar-refractivity contribution < 1.29 is 14.1 Å². The molecule has 0 fully saturated rings. The highest BCUT2D eigenvalue weighted by Crippen LogP contribution is 2.32. The fraction of sp³-hybridized carbons (Fsp3) is 0.333. The molecule has 28 heavy (non-hydrogen) atoms. The number of carbonyl (C=O) groups is 1. The van der Waals surface area contributed by atoms with Gasteiger partial charge in [0, 0.05) is 6.54 Å². The highest BCUT2D eigenvalue weighted by Gasteiger charge is 2.26. The molecule has 1 aromatic carbocycles. The zero-order chi connectivity index (χ0) is 19.6. The molecule has 0 aliphatic rings. The van der Waals surface area contributed by atoms with Crippen molar-refractivity contribution in [3.05, 3.63) is 51.8 Å². The average molecular weight is 425 g/mol. The van der Waals surface area contributed by atoms with E-state index < -0.39 is 16.7 Å². The molecule has 0 aliphatic heterocycles. The Kier molecular flexibility index (Phi) is 7.11. The molecule has 2 heterocycles. The summed E-state index contributed by atoms with van der Waals surface area (Å²) in [6.45, 7) is 3.20. The number of rotatable bonds is 7. The molecular weight excluding hydrogens is 404 g/mol. The summed E-state index contributed by atoms with van der Waals surface area (Å²) in [7, 11) is 3.92. The number of aryl methyl sites for hydroxylation is 1. The molecular formula is C18H21ClN4O4S. The molecule has 3 aromatic rings. The summed E-state index contributed by atoms with van der Waals surface area (Å²) in [6, 6.07) is 8.41. The third-order valence-electron chi connectivity index (χ3n) is 4.06. The van der Waals surface area contributed by atoms with E-state index in [1.54, 1.807) is 0 Å². The molecule has 0 unspecified atom stereocenters. The van der Waals surface area contributed by atoms with E-state index in [-0.39, 0.29) is 18.2 Å². The number of thiazole rings is 1. The predicted octanol–water partition coefficient (Wildman–Crippen LogP) is 4.13. The number of para-hydroxylation sites is 1. The quantitative estimate of drug-likeness (QED) is 0.418. The number of amides is 1. The van der Waals surface area contributed by atoms with Crippen LogP contribution in [0.25, 0.3) is 10.2 Å². The van der Waals surface area contributed by atoms with Gasteiger partial charge in [-0.2, -0.15) is 0 Å². The molecule has 0 saturated carbocycles. The number of hydrogen-bond acceptors (Lipinski definition) is 7. The van der Waals surface area contributed by atoms with E-state index in [2.05, 4.69) is 4.98 Å². The van der Waals surface area contributed by atoms with Crippen LogP contribution in [-0.4, -0.2) is 47.9 Å². The Labute approximate surface area is 172 Å². The maximum atomic E-state index is 13.0. The van der Waals surface area contributed by atoms with Crippen LogP contribution in [0.5, 0.6) is 0 Å². The van der Waals surface area contributed by atoms with Crippen molar-refractivity contribution in [2.45, 2.75) is 13.3 Å². The number of nitrogens with zero attached hydrogens (tertiary/aromatic N) is 4. The van der Waals surface area contributed by atoms with E-state index in [4.69, 9.17) is 4.42 Å². The number of hydrogen-bond donors (Lipinski definition) is 0. The summed E-state index contributed by atoms with van der Waals surface area (Å²) in [5.41, 5.74) is 1.89. The van der Waals surface area contributed by atoms with Crippen LogP contribution in [0.4, 0.5) is 11.0 Å². The molecule has 1 amide bonds. The van der Waals surface area contributed by atoms with E-state index in [0.717, 1.165) is 28.7 Å². The minimum Gasteiger partial charge on any atom is -0.395 e. The summed E-state index contributed by atoms with van der Waals surface area (Å²) < 4.78 is 6.10. The van der Waals surface area contributed by atoms with Crippen molar-refractivity contribution in [1.29, 1.82) is 0 Å². The number of nitro groups is 1. The lowest BCUT2D eigenvalue weighted by atomic mass is 10.2. The van der Waals surface area contributed by atoms with E-state index in [1.807, 2.05) is 44.1 Å². The second-order valence-electron chi connectivity index (χ2n) is 6.43. The van der Waals surface area contributed by atoms with Gasteiger partial charge in [-0.1, -0.05) is 23.5 Å². The molecule has 10 heteroatoms. The smallest absolute Gasteiger partial charge is 0.395 e. The minimum atomic E-state index is -0.659. The lowest BCUT2D eigenvalue weighted by Crippen LogP contribution is -2.33. The zero-order valence-corrected chi connectivity index (χ0v) is 17.4. The number of carbonyl (C=O) groups excluding carboxylic acids is 1. The first-order valence-corrected chi connectivity index (χ1v) is 9.25. The first-order valence-electron chi connectivity index (χ1n) is 8.44. The van der Waals surface area contributed by atoms with Crippen molar-refractivity contribution in [2.75, 3.05) is 32.1 Å². The molecule has 0 aliphatic carbocycles. The second kappa shape index (κ2) is 9.13. The molecule has 3 rings (SSSR count). The Morgan fingerprint density at radius 2 is 2.00 bits per heavy atom. The van der Waals surface area contributed by atoms with Crippen LogP contribution in [0.15, 0.2) is 34.7 Å². The van der Waals surface area contributed by atoms with Crippen LogP contribution in [0.3, 0.4) is 0 Å². The average Bonchev–Trinajstić information content (AvgIpc) is 3.25. The SMILES string of the molecule is Cc1cccc2sc(N(CCCN(C)C)C(=O)c3ccc([N+](=O)[O-])o3)nc12.Cl. The molecule has 0 atom stereocenters. The first-order chi connectivity index (χ1) is 12.9. The molecule has 150 valence electrons. The molecule has 8 nitrogen and oxygen atoms in total. The monoisotopic (exact) mass is 424 g/mol. The first kappa shape index (κ1) is 21.8. The normalized spacial score (nSPS) is 10.9. The Hall–Kier alpha value is -2.49. The van der Waals surface area contributed by atoms with Gasteiger partial charge in [0.15, 0.2) is 10.9 Å². The zero-order valence-electron chi connectivity index (χ0n) is 15.7. The Morgan fingerprint density at radius 1 is 1.25 bits per heavy atom. The van der Waals surface area contributed by atoms with Crippen molar-refractivity contribution in [1.82, 2.24) is 9.88 Å². The molecule has 0 bridgehead atoms. The third-order valence-corrected chi connectivity index (χ3v) is 5.10. The summed E-state index contributed by atoms with van der Waals surface area (Å²) in [5, 5.41) is 11.4. The molecule has 0 saturated heterocycles. The van der Waals surface area contributed by atoms with Crippen molar-refractivity contribution >= 4 is 50.9 Å². The number of benzene rings is 1. The second-order valence-corrected chi connectivity index (χ2v) is 7.44. The van der Waals surface area contributed by atoms with Gasteiger partial charge in [-0.05, 0) is 51.7 Å².